The second-order valence-corrected chi connectivity index (χ2v) is 4.31. The smallest absolute Gasteiger partial charge is 0.162 e. The third kappa shape index (κ3) is 2.68. The molecule has 0 spiro atoms. The minimum Gasteiger partial charge on any atom is -0.204 e. The van der Waals surface area contributed by atoms with Crippen LogP contribution in [-0.2, 0) is 0 Å². The van der Waals surface area contributed by atoms with Crippen molar-refractivity contribution in [2.45, 2.75) is 31.6 Å². The normalized spacial score (nSPS) is 15.2. The van der Waals surface area contributed by atoms with Crippen LogP contribution in [0.2, 0.25) is 0 Å². The highest BCUT2D eigenvalue weighted by atomic mass is 35.5. The average molecular weight is 219 g/mol. The van der Waals surface area contributed by atoms with E-state index in [1.54, 1.807) is 6.07 Å². The summed E-state index contributed by atoms with van der Waals surface area (Å²) in [7, 11) is 0. The molecule has 0 bridgehead atoms. The summed E-state index contributed by atoms with van der Waals surface area (Å²) in [6.45, 7) is 3.69. The molecule has 0 heterocycles. The summed E-state index contributed by atoms with van der Waals surface area (Å²) in [6, 6.07) is 4.24. The minimum absolute atomic E-state index is 0.0346. The van der Waals surface area contributed by atoms with E-state index in [-0.39, 0.29) is 11.3 Å². The molecule has 0 N–H and O–H groups in total. The number of hydrogen-bond donors (Lipinski definition) is 0. The summed E-state index contributed by atoms with van der Waals surface area (Å²) in [5.41, 5.74) is 0.400. The highest BCUT2D eigenvalue weighted by Gasteiger charge is 2.15. The molecule has 1 rings (SSSR count). The molecule has 0 fully saturated rings. The van der Waals surface area contributed by atoms with Gasteiger partial charge in [-0.25, -0.2) is 8.78 Å². The SMILES string of the molecule is CC(Cl)CC(C)c1cccc(F)c1F. The van der Waals surface area contributed by atoms with Crippen LogP contribution in [0.15, 0.2) is 18.2 Å². The second kappa shape index (κ2) is 4.74. The molecule has 0 aliphatic rings. The highest BCUT2D eigenvalue weighted by molar-refractivity contribution is 6.20. The van der Waals surface area contributed by atoms with Crippen LogP contribution >= 0.6 is 11.6 Å². The zero-order valence-electron chi connectivity index (χ0n) is 8.23. The molecule has 1 aromatic carbocycles. The highest BCUT2D eigenvalue weighted by Crippen LogP contribution is 2.26. The van der Waals surface area contributed by atoms with Gasteiger partial charge in [-0.2, -0.15) is 0 Å². The number of benzene rings is 1. The summed E-state index contributed by atoms with van der Waals surface area (Å²) in [5, 5.41) is -0.0346. The maximum absolute atomic E-state index is 13.3. The van der Waals surface area contributed by atoms with E-state index < -0.39 is 11.6 Å². The number of hydrogen-bond acceptors (Lipinski definition) is 0. The molecular formula is C11H13ClF2. The zero-order chi connectivity index (χ0) is 10.7. The van der Waals surface area contributed by atoms with Crippen molar-refractivity contribution >= 4 is 11.6 Å². The van der Waals surface area contributed by atoms with E-state index in [0.717, 1.165) is 6.07 Å². The summed E-state index contributed by atoms with van der Waals surface area (Å²) in [5.74, 6) is -1.60. The van der Waals surface area contributed by atoms with E-state index in [0.29, 0.717) is 12.0 Å². The van der Waals surface area contributed by atoms with Gasteiger partial charge in [-0.05, 0) is 30.9 Å². The first-order valence-electron chi connectivity index (χ1n) is 4.60. The van der Waals surface area contributed by atoms with Gasteiger partial charge in [0.2, 0.25) is 0 Å². The lowest BCUT2D eigenvalue weighted by atomic mass is 9.96. The molecule has 2 unspecified atom stereocenters. The lowest BCUT2D eigenvalue weighted by Crippen LogP contribution is -2.04. The molecule has 0 saturated carbocycles. The summed E-state index contributed by atoms with van der Waals surface area (Å²) < 4.78 is 26.2. The molecule has 0 radical (unpaired) electrons. The van der Waals surface area contributed by atoms with Gasteiger partial charge in [0.15, 0.2) is 11.6 Å². The van der Waals surface area contributed by atoms with Crippen molar-refractivity contribution in [3.63, 3.8) is 0 Å². The molecule has 0 nitrogen and oxygen atoms in total. The molecule has 1 aromatic rings. The maximum atomic E-state index is 13.3. The molecule has 0 amide bonds. The standard InChI is InChI=1S/C11H13ClF2/c1-7(6-8(2)12)9-4-3-5-10(13)11(9)14/h3-5,7-8H,6H2,1-2H3. The van der Waals surface area contributed by atoms with Crippen LogP contribution in [0.1, 0.15) is 31.7 Å². The first-order chi connectivity index (χ1) is 6.52. The van der Waals surface area contributed by atoms with E-state index in [1.807, 2.05) is 13.8 Å². The van der Waals surface area contributed by atoms with E-state index >= 15 is 0 Å². The van der Waals surface area contributed by atoms with Gasteiger partial charge in [-0.15, -0.1) is 11.6 Å². The van der Waals surface area contributed by atoms with Crippen molar-refractivity contribution < 1.29 is 8.78 Å². The molecule has 0 aliphatic heterocycles. The Balaban J connectivity index is 2.89. The average Bonchev–Trinajstić information content (AvgIpc) is 2.08. The predicted octanol–water partition coefficient (Wildman–Crippen LogP) is 4.09. The van der Waals surface area contributed by atoms with Gasteiger partial charge in [0.05, 0.1) is 0 Å². The lowest BCUT2D eigenvalue weighted by molar-refractivity contribution is 0.486. The minimum atomic E-state index is -0.795. The number of alkyl halides is 1. The van der Waals surface area contributed by atoms with Gasteiger partial charge in [0, 0.05) is 5.38 Å². The molecular weight excluding hydrogens is 206 g/mol. The first-order valence-corrected chi connectivity index (χ1v) is 5.04. The number of halogens is 3. The molecule has 0 aliphatic carbocycles. The van der Waals surface area contributed by atoms with Gasteiger partial charge in [-0.3, -0.25) is 0 Å². The van der Waals surface area contributed by atoms with Crippen molar-refractivity contribution in [2.75, 3.05) is 0 Å². The Morgan fingerprint density at radius 3 is 2.50 bits per heavy atom. The predicted molar refractivity (Wildman–Crippen MR) is 54.7 cm³/mol. The molecule has 0 saturated heterocycles. The van der Waals surface area contributed by atoms with Gasteiger partial charge >= 0.3 is 0 Å². The second-order valence-electron chi connectivity index (χ2n) is 3.56. The van der Waals surface area contributed by atoms with Crippen molar-refractivity contribution in [1.29, 1.82) is 0 Å². The van der Waals surface area contributed by atoms with Crippen molar-refractivity contribution in [3.05, 3.63) is 35.4 Å². The fourth-order valence-electron chi connectivity index (χ4n) is 1.52. The lowest BCUT2D eigenvalue weighted by Gasteiger charge is -2.14. The monoisotopic (exact) mass is 218 g/mol. The quantitative estimate of drug-likeness (QED) is 0.671. The van der Waals surface area contributed by atoms with Gasteiger partial charge < -0.3 is 0 Å². The largest absolute Gasteiger partial charge is 0.204 e. The van der Waals surface area contributed by atoms with Crippen LogP contribution < -0.4 is 0 Å². The maximum Gasteiger partial charge on any atom is 0.162 e. The Morgan fingerprint density at radius 1 is 1.29 bits per heavy atom. The molecule has 78 valence electrons. The Kier molecular flexibility index (Phi) is 3.87. The molecule has 14 heavy (non-hydrogen) atoms. The van der Waals surface area contributed by atoms with Crippen LogP contribution in [0, 0.1) is 11.6 Å². The van der Waals surface area contributed by atoms with Gasteiger partial charge in [-0.1, -0.05) is 19.1 Å². The van der Waals surface area contributed by atoms with Gasteiger partial charge in [0.25, 0.3) is 0 Å². The fourth-order valence-corrected chi connectivity index (χ4v) is 1.78. The van der Waals surface area contributed by atoms with Crippen LogP contribution in [-0.4, -0.2) is 5.38 Å². The van der Waals surface area contributed by atoms with Crippen LogP contribution in [0.5, 0.6) is 0 Å². The van der Waals surface area contributed by atoms with E-state index in [9.17, 15) is 8.78 Å². The molecule has 3 heteroatoms. The topological polar surface area (TPSA) is 0 Å². The Hall–Kier alpha value is -0.630. The van der Waals surface area contributed by atoms with Gasteiger partial charge in [0.1, 0.15) is 0 Å². The van der Waals surface area contributed by atoms with E-state index in [1.165, 1.54) is 6.07 Å². The summed E-state index contributed by atoms with van der Waals surface area (Å²) in [6.07, 6.45) is 0.641. The summed E-state index contributed by atoms with van der Waals surface area (Å²) in [4.78, 5) is 0. The molecule has 0 aromatic heterocycles. The van der Waals surface area contributed by atoms with Crippen LogP contribution in [0.3, 0.4) is 0 Å². The van der Waals surface area contributed by atoms with Crippen molar-refractivity contribution in [2.24, 2.45) is 0 Å². The van der Waals surface area contributed by atoms with Crippen molar-refractivity contribution in [3.8, 4) is 0 Å². The summed E-state index contributed by atoms with van der Waals surface area (Å²) >= 11 is 5.80. The zero-order valence-corrected chi connectivity index (χ0v) is 8.98. The van der Waals surface area contributed by atoms with E-state index in [4.69, 9.17) is 11.6 Å². The third-order valence-corrected chi connectivity index (χ3v) is 2.37. The Labute approximate surface area is 87.9 Å². The molecule has 2 atom stereocenters. The fraction of sp³-hybridized carbons (Fsp3) is 0.455. The van der Waals surface area contributed by atoms with E-state index in [2.05, 4.69) is 0 Å². The third-order valence-electron chi connectivity index (χ3n) is 2.19. The first kappa shape index (κ1) is 11.4. The van der Waals surface area contributed by atoms with Crippen LogP contribution in [0.25, 0.3) is 0 Å². The van der Waals surface area contributed by atoms with Crippen LogP contribution in [0.4, 0.5) is 8.78 Å². The number of rotatable bonds is 3. The Morgan fingerprint density at radius 2 is 1.93 bits per heavy atom. The van der Waals surface area contributed by atoms with Crippen molar-refractivity contribution in [1.82, 2.24) is 0 Å². The Bertz CT molecular complexity index is 310.